The van der Waals surface area contributed by atoms with Gasteiger partial charge in [0.15, 0.2) is 23.0 Å². The van der Waals surface area contributed by atoms with E-state index in [9.17, 15) is 33.6 Å². The number of aliphatic imine (C=N–C) groups is 2. The number of hydrogen-bond donors (Lipinski definition) is 3. The maximum atomic E-state index is 14.1. The number of unbranched alkanes of at least 4 members (excludes halogenated alkanes) is 2. The van der Waals surface area contributed by atoms with Gasteiger partial charge in [0.2, 0.25) is 17.7 Å². The molecule has 4 aromatic rings. The molecule has 5 aliphatic rings. The topological polar surface area (TPSA) is 236 Å². The predicted octanol–water partition coefficient (Wildman–Crippen LogP) is 9.02. The third-order valence-electron chi connectivity index (χ3n) is 14.6. The second kappa shape index (κ2) is 25.8. The van der Waals surface area contributed by atoms with Gasteiger partial charge in [-0.1, -0.05) is 44.5 Å². The van der Waals surface area contributed by atoms with Crippen LogP contribution in [0, 0.1) is 5.92 Å². The summed E-state index contributed by atoms with van der Waals surface area (Å²) >= 11 is 6.23. The van der Waals surface area contributed by atoms with Gasteiger partial charge in [0.1, 0.15) is 26.8 Å². The molecular weight excluding hydrogens is 1180 g/mol. The lowest BCUT2D eigenvalue weighted by molar-refractivity contribution is -0.137. The number of rotatable bonds is 23. The maximum Gasteiger partial charge on any atom is 0.269 e. The number of hydrogen-bond acceptors (Lipinski definition) is 14. The van der Waals surface area contributed by atoms with E-state index >= 15 is 0 Å². The zero-order chi connectivity index (χ0) is 58.4. The van der Waals surface area contributed by atoms with Crippen LogP contribution in [-0.2, 0) is 24.0 Å². The first kappa shape index (κ1) is 58.5. The summed E-state index contributed by atoms with van der Waals surface area (Å²) in [5, 5.41) is 8.34. The second-order valence-electron chi connectivity index (χ2n) is 20.4. The minimum absolute atomic E-state index is 0.142. The van der Waals surface area contributed by atoms with Crippen LogP contribution in [0.1, 0.15) is 97.6 Å². The number of carbonyl (C=O) groups is 7. The van der Waals surface area contributed by atoms with E-state index in [1.54, 1.807) is 86.5 Å². The zero-order valence-corrected chi connectivity index (χ0v) is 49.3. The maximum absolute atomic E-state index is 14.1. The van der Waals surface area contributed by atoms with Crippen molar-refractivity contribution in [3.63, 3.8) is 0 Å². The van der Waals surface area contributed by atoms with Crippen LogP contribution < -0.4 is 39.6 Å². The van der Waals surface area contributed by atoms with Crippen molar-refractivity contribution in [1.29, 1.82) is 0 Å². The SMILES string of the molecule is COc1ccc(C2=CN3C(=O)c4cc(OC)c(OCCCOc5cc6c(cc5OC)C(=O)N5C=C(c7ccc(NC(=O)[C@@H](C)NC(=O)C(NC(=O)CCCCCN8C(=O)C(Br)=C(Br)C8=O)C(C)C)cc7)C[C@H]5C=N6)cc4N=CC3C2)cc1. The fourth-order valence-corrected chi connectivity index (χ4v) is 10.8. The standard InChI is InChI=1S/C60H62Br2N8O12/c1-33(2)54(67-51(71)11-8-7-9-20-68-59(76)52(61)53(62)60(68)77)56(73)65-34(3)55(72)66-39-16-12-35(13-17-39)37-23-40-29-63-45-27-49(47(79-5)25-43(45)57(74)69(40)31-37)81-21-10-22-82-50-28-46-44(26-48(50)80-6)58(75)70-32-38(24-41(70)30-64-46)36-14-18-42(78-4)19-15-36/h12-19,25-34,40-41,54H,7-11,20-24H2,1-6H3,(H,65,73)(H,66,72)(H,67,71)/t34-,40+,41?,54?/m1/s1. The number of nitrogens with one attached hydrogen (secondary N) is 3. The van der Waals surface area contributed by atoms with Gasteiger partial charge >= 0.3 is 0 Å². The summed E-state index contributed by atoms with van der Waals surface area (Å²) in [4.78, 5) is 106. The number of methoxy groups -OCH3 is 3. The van der Waals surface area contributed by atoms with Crippen molar-refractivity contribution in [3.8, 4) is 28.7 Å². The second-order valence-corrected chi connectivity index (χ2v) is 22.0. The molecule has 2 unspecified atom stereocenters. The Morgan fingerprint density at radius 1 is 0.610 bits per heavy atom. The Balaban J connectivity index is 0.734. The Morgan fingerprint density at radius 2 is 1.12 bits per heavy atom. The highest BCUT2D eigenvalue weighted by Gasteiger charge is 2.37. The van der Waals surface area contributed by atoms with E-state index in [-0.39, 0.29) is 70.9 Å². The Labute approximate surface area is 491 Å². The molecule has 0 spiro atoms. The van der Waals surface area contributed by atoms with Crippen molar-refractivity contribution >= 4 is 114 Å². The molecule has 5 heterocycles. The van der Waals surface area contributed by atoms with Crippen LogP contribution >= 0.6 is 31.9 Å². The zero-order valence-electron chi connectivity index (χ0n) is 46.1. The smallest absolute Gasteiger partial charge is 0.269 e. The highest BCUT2D eigenvalue weighted by Crippen LogP contribution is 2.42. The van der Waals surface area contributed by atoms with E-state index in [0.717, 1.165) is 32.9 Å². The summed E-state index contributed by atoms with van der Waals surface area (Å²) < 4.78 is 29.4. The molecule has 20 nitrogen and oxygen atoms in total. The van der Waals surface area contributed by atoms with Crippen LogP contribution in [-0.4, -0.2) is 134 Å². The predicted molar refractivity (Wildman–Crippen MR) is 316 cm³/mol. The minimum Gasteiger partial charge on any atom is -0.497 e. The molecule has 0 aromatic heterocycles. The van der Waals surface area contributed by atoms with E-state index in [2.05, 4.69) is 47.8 Å². The molecule has 3 N–H and O–H groups in total. The first-order chi connectivity index (χ1) is 39.5. The van der Waals surface area contributed by atoms with Gasteiger partial charge in [-0.05, 0) is 116 Å². The molecule has 0 bridgehead atoms. The number of carbonyl (C=O) groups excluding carboxylic acids is 7. The number of amides is 7. The van der Waals surface area contributed by atoms with Crippen molar-refractivity contribution < 1.29 is 57.2 Å². The highest BCUT2D eigenvalue weighted by atomic mass is 79.9. The Bertz CT molecular complexity index is 3330. The van der Waals surface area contributed by atoms with Gasteiger partial charge in [0.25, 0.3) is 23.6 Å². The molecule has 4 aromatic carbocycles. The van der Waals surface area contributed by atoms with Crippen molar-refractivity contribution in [2.24, 2.45) is 15.9 Å². The summed E-state index contributed by atoms with van der Waals surface area (Å²) in [5.74, 6) is -0.455. The average Bonchev–Trinajstić information content (AvgIpc) is 4.34. The summed E-state index contributed by atoms with van der Waals surface area (Å²) in [6, 6.07) is 19.2. The van der Waals surface area contributed by atoms with Crippen molar-refractivity contribution in [3.05, 3.63) is 116 Å². The van der Waals surface area contributed by atoms with Gasteiger partial charge in [0.05, 0.1) is 69.1 Å². The molecular formula is C60H62Br2N8O12. The third kappa shape index (κ3) is 12.8. The van der Waals surface area contributed by atoms with E-state index < -0.39 is 35.7 Å². The number of anilines is 1. The first-order valence-electron chi connectivity index (χ1n) is 26.9. The normalized spacial score (nSPS) is 17.7. The van der Waals surface area contributed by atoms with Crippen molar-refractivity contribution in [2.75, 3.05) is 46.4 Å². The van der Waals surface area contributed by atoms with E-state index in [1.807, 2.05) is 48.8 Å². The largest absolute Gasteiger partial charge is 0.497 e. The number of imide groups is 1. The van der Waals surface area contributed by atoms with Crippen LogP contribution in [0.15, 0.2) is 104 Å². The van der Waals surface area contributed by atoms with E-state index in [1.165, 1.54) is 14.2 Å². The number of benzene rings is 4. The molecule has 5 aliphatic heterocycles. The quantitative estimate of drug-likeness (QED) is 0.0466. The molecule has 4 atom stereocenters. The number of ether oxygens (including phenoxy) is 5. The van der Waals surface area contributed by atoms with E-state index in [4.69, 9.17) is 33.7 Å². The number of fused-ring (bicyclic) bond motifs is 4. The minimum atomic E-state index is -0.935. The summed E-state index contributed by atoms with van der Waals surface area (Å²) in [6.07, 6.45) is 10.5. The lowest BCUT2D eigenvalue weighted by atomic mass is 10.0. The van der Waals surface area contributed by atoms with Gasteiger partial charge in [-0.15, -0.1) is 0 Å². The van der Waals surface area contributed by atoms with E-state index in [0.29, 0.717) is 89.7 Å². The Kier molecular flexibility index (Phi) is 18.4. The molecule has 9 rings (SSSR count). The Hall–Kier alpha value is -8.11. The summed E-state index contributed by atoms with van der Waals surface area (Å²) in [7, 11) is 4.65. The lowest BCUT2D eigenvalue weighted by Gasteiger charge is -2.24. The molecule has 0 saturated carbocycles. The summed E-state index contributed by atoms with van der Waals surface area (Å²) in [6.45, 7) is 5.87. The fraction of sp³-hybridized carbons (Fsp3) is 0.350. The van der Waals surface area contributed by atoms with Gasteiger partial charge in [-0.2, -0.15) is 0 Å². The molecule has 0 aliphatic carbocycles. The average molecular weight is 1250 g/mol. The monoisotopic (exact) mass is 1240 g/mol. The van der Waals surface area contributed by atoms with Gasteiger partial charge < -0.3 is 49.4 Å². The molecule has 0 radical (unpaired) electrons. The van der Waals surface area contributed by atoms with Gasteiger partial charge in [0, 0.05) is 74.9 Å². The molecule has 0 saturated heterocycles. The number of nitrogens with zero attached hydrogens (tertiary/aromatic N) is 5. The van der Waals surface area contributed by atoms with Gasteiger partial charge in [-0.25, -0.2) is 0 Å². The molecule has 7 amide bonds. The van der Waals surface area contributed by atoms with Crippen LogP contribution in [0.25, 0.3) is 11.1 Å². The summed E-state index contributed by atoms with van der Waals surface area (Å²) in [5.41, 5.74) is 5.92. The molecule has 22 heteroatoms. The van der Waals surface area contributed by atoms with Crippen LogP contribution in [0.5, 0.6) is 28.7 Å². The van der Waals surface area contributed by atoms with Gasteiger partial charge in [-0.3, -0.25) is 48.4 Å². The van der Waals surface area contributed by atoms with Crippen molar-refractivity contribution in [2.45, 2.75) is 89.9 Å². The fourth-order valence-electron chi connectivity index (χ4n) is 9.99. The van der Waals surface area contributed by atoms with Crippen LogP contribution in [0.2, 0.25) is 0 Å². The van der Waals surface area contributed by atoms with Crippen LogP contribution in [0.4, 0.5) is 17.1 Å². The highest BCUT2D eigenvalue weighted by molar-refractivity contribution is 9.14. The molecule has 0 fully saturated rings. The molecule has 428 valence electrons. The first-order valence-corrected chi connectivity index (χ1v) is 28.5. The van der Waals surface area contributed by atoms with Crippen LogP contribution in [0.3, 0.4) is 0 Å². The lowest BCUT2D eigenvalue weighted by Crippen LogP contribution is -2.53. The Morgan fingerprint density at radius 3 is 1.61 bits per heavy atom. The number of halogens is 2. The third-order valence-corrected chi connectivity index (χ3v) is 16.6. The molecule has 82 heavy (non-hydrogen) atoms. The van der Waals surface area contributed by atoms with Crippen molar-refractivity contribution in [1.82, 2.24) is 25.3 Å².